The maximum atomic E-state index is 5.22. The highest BCUT2D eigenvalue weighted by atomic mass is 15.0. The van der Waals surface area contributed by atoms with Crippen LogP contribution in [0.4, 0.5) is 0 Å². The van der Waals surface area contributed by atoms with E-state index in [0.29, 0.717) is 17.5 Å². The highest BCUT2D eigenvalue weighted by molar-refractivity contribution is 5.89. The highest BCUT2D eigenvalue weighted by Gasteiger charge is 2.35. The van der Waals surface area contributed by atoms with E-state index in [0.717, 1.165) is 50.2 Å². The molecule has 5 nitrogen and oxygen atoms in total. The van der Waals surface area contributed by atoms with E-state index in [4.69, 9.17) is 24.9 Å². The Hall–Kier alpha value is -6.33. The van der Waals surface area contributed by atoms with Gasteiger partial charge in [0.15, 0.2) is 17.5 Å². The van der Waals surface area contributed by atoms with Crippen molar-refractivity contribution in [2.45, 2.75) is 19.3 Å². The number of aromatic nitrogens is 5. The fourth-order valence-electron chi connectivity index (χ4n) is 6.97. The zero-order valence-corrected chi connectivity index (χ0v) is 27.2. The number of nitrogens with zero attached hydrogens (tertiary/aromatic N) is 5. The lowest BCUT2D eigenvalue weighted by atomic mass is 9.81. The van der Waals surface area contributed by atoms with Crippen molar-refractivity contribution in [3.8, 4) is 67.8 Å². The van der Waals surface area contributed by atoms with E-state index in [-0.39, 0.29) is 5.41 Å². The van der Waals surface area contributed by atoms with E-state index in [1.54, 1.807) is 0 Å². The van der Waals surface area contributed by atoms with Gasteiger partial charge in [0.25, 0.3) is 0 Å². The summed E-state index contributed by atoms with van der Waals surface area (Å²) >= 11 is 0. The Balaban J connectivity index is 1.16. The smallest absolute Gasteiger partial charge is 0.164 e. The van der Waals surface area contributed by atoms with Gasteiger partial charge in [0.1, 0.15) is 0 Å². The summed E-state index contributed by atoms with van der Waals surface area (Å²) < 4.78 is 0. The van der Waals surface area contributed by atoms with Crippen LogP contribution in [0.1, 0.15) is 25.0 Å². The van der Waals surface area contributed by atoms with Crippen LogP contribution in [0, 0.1) is 0 Å². The summed E-state index contributed by atoms with van der Waals surface area (Å²) in [4.78, 5) is 25.1. The molecule has 0 amide bonds. The lowest BCUT2D eigenvalue weighted by Crippen LogP contribution is -2.15. The predicted octanol–water partition coefficient (Wildman–Crippen LogP) is 10.5. The van der Waals surface area contributed by atoms with Crippen molar-refractivity contribution in [2.24, 2.45) is 0 Å². The second-order valence-corrected chi connectivity index (χ2v) is 13.0. The molecule has 0 N–H and O–H groups in total. The monoisotopic (exact) mass is 629 g/mol. The third kappa shape index (κ3) is 4.99. The van der Waals surface area contributed by atoms with Crippen molar-refractivity contribution in [1.82, 2.24) is 24.9 Å². The van der Waals surface area contributed by atoms with Crippen molar-refractivity contribution in [1.29, 1.82) is 0 Å². The molecule has 6 aromatic carbocycles. The average Bonchev–Trinajstić information content (AvgIpc) is 3.40. The maximum absolute atomic E-state index is 5.22. The third-order valence-corrected chi connectivity index (χ3v) is 9.54. The lowest BCUT2D eigenvalue weighted by molar-refractivity contribution is 0.660. The summed E-state index contributed by atoms with van der Waals surface area (Å²) in [6, 6.07) is 52.0. The van der Waals surface area contributed by atoms with E-state index >= 15 is 0 Å². The van der Waals surface area contributed by atoms with Crippen LogP contribution in [-0.2, 0) is 5.41 Å². The molecule has 2 heterocycles. The van der Waals surface area contributed by atoms with Crippen LogP contribution in [0.2, 0.25) is 0 Å². The Bertz CT molecular complexity index is 2450. The van der Waals surface area contributed by atoms with Crippen molar-refractivity contribution >= 4 is 11.0 Å². The topological polar surface area (TPSA) is 64.5 Å². The minimum absolute atomic E-state index is 0.115. The molecule has 0 bridgehead atoms. The van der Waals surface area contributed by atoms with E-state index in [9.17, 15) is 0 Å². The molecule has 0 radical (unpaired) electrons. The number of fused-ring (bicyclic) bond motifs is 4. The predicted molar refractivity (Wildman–Crippen MR) is 198 cm³/mol. The Kier molecular flexibility index (Phi) is 6.73. The van der Waals surface area contributed by atoms with Crippen LogP contribution < -0.4 is 0 Å². The standard InChI is InChI=1S/C44H31N5/c1-44(2)35-18-10-9-17-33(35)34-26-25-32(27-36(34)44)40-39(45-37-19-11-12-20-38(37)46-40)28-21-23-31(24-22-28)43-48-41(29-13-5-3-6-14-29)47-42(49-43)30-15-7-4-8-16-30/h3-27H,1-2H3. The number of para-hydroxylation sites is 2. The van der Waals surface area contributed by atoms with Crippen LogP contribution in [0.25, 0.3) is 78.8 Å². The van der Waals surface area contributed by atoms with Gasteiger partial charge < -0.3 is 0 Å². The molecule has 0 fully saturated rings. The van der Waals surface area contributed by atoms with E-state index in [1.165, 1.54) is 22.3 Å². The van der Waals surface area contributed by atoms with Gasteiger partial charge in [0, 0.05) is 33.2 Å². The first-order chi connectivity index (χ1) is 24.0. The second-order valence-electron chi connectivity index (χ2n) is 13.0. The zero-order valence-electron chi connectivity index (χ0n) is 27.2. The SMILES string of the molecule is CC1(C)c2ccccc2-c2ccc(-c3nc4ccccc4nc3-c3ccc(-c4nc(-c5ccccc5)nc(-c5ccccc5)n4)cc3)cc21. The number of hydrogen-bond acceptors (Lipinski definition) is 5. The molecule has 8 aromatic rings. The summed E-state index contributed by atoms with van der Waals surface area (Å²) in [5.41, 5.74) is 13.4. The normalized spacial score (nSPS) is 12.9. The number of benzene rings is 6. The quantitative estimate of drug-likeness (QED) is 0.190. The number of hydrogen-bond donors (Lipinski definition) is 0. The summed E-state index contributed by atoms with van der Waals surface area (Å²) in [5.74, 6) is 1.89. The summed E-state index contributed by atoms with van der Waals surface area (Å²) in [5, 5.41) is 0. The van der Waals surface area contributed by atoms with E-state index < -0.39 is 0 Å². The Morgan fingerprint density at radius 2 is 0.776 bits per heavy atom. The van der Waals surface area contributed by atoms with Gasteiger partial charge in [-0.15, -0.1) is 0 Å². The molecule has 1 aliphatic carbocycles. The summed E-state index contributed by atoms with van der Waals surface area (Å²) in [6.07, 6.45) is 0. The molecule has 0 spiro atoms. The first-order valence-corrected chi connectivity index (χ1v) is 16.5. The van der Waals surface area contributed by atoms with Gasteiger partial charge in [-0.3, -0.25) is 0 Å². The average molecular weight is 630 g/mol. The summed E-state index contributed by atoms with van der Waals surface area (Å²) in [7, 11) is 0. The third-order valence-electron chi connectivity index (χ3n) is 9.54. The molecular formula is C44H31N5. The molecular weight excluding hydrogens is 599 g/mol. The molecule has 0 saturated heterocycles. The molecule has 9 rings (SSSR count). The highest BCUT2D eigenvalue weighted by Crippen LogP contribution is 2.49. The zero-order chi connectivity index (χ0) is 33.0. The van der Waals surface area contributed by atoms with Gasteiger partial charge in [-0.1, -0.05) is 147 Å². The minimum atomic E-state index is -0.115. The van der Waals surface area contributed by atoms with Gasteiger partial charge in [0.2, 0.25) is 0 Å². The minimum Gasteiger partial charge on any atom is -0.244 e. The fraction of sp³-hybridized carbons (Fsp3) is 0.0682. The van der Waals surface area contributed by atoms with Crippen molar-refractivity contribution in [3.63, 3.8) is 0 Å². The van der Waals surface area contributed by atoms with Crippen molar-refractivity contribution in [2.75, 3.05) is 0 Å². The van der Waals surface area contributed by atoms with E-state index in [1.807, 2.05) is 84.9 Å². The maximum Gasteiger partial charge on any atom is 0.164 e. The van der Waals surface area contributed by atoms with Crippen LogP contribution in [0.15, 0.2) is 152 Å². The summed E-state index contributed by atoms with van der Waals surface area (Å²) in [6.45, 7) is 4.61. The van der Waals surface area contributed by atoms with Gasteiger partial charge in [0.05, 0.1) is 22.4 Å². The van der Waals surface area contributed by atoms with Gasteiger partial charge in [-0.25, -0.2) is 24.9 Å². The molecule has 49 heavy (non-hydrogen) atoms. The van der Waals surface area contributed by atoms with Crippen LogP contribution in [0.5, 0.6) is 0 Å². The number of rotatable bonds is 5. The molecule has 1 aliphatic rings. The molecule has 2 aromatic heterocycles. The Morgan fingerprint density at radius 1 is 0.347 bits per heavy atom. The largest absolute Gasteiger partial charge is 0.244 e. The van der Waals surface area contributed by atoms with Crippen LogP contribution in [0.3, 0.4) is 0 Å². The molecule has 0 unspecified atom stereocenters. The van der Waals surface area contributed by atoms with Crippen LogP contribution in [-0.4, -0.2) is 24.9 Å². The molecule has 0 saturated carbocycles. The molecule has 232 valence electrons. The lowest BCUT2D eigenvalue weighted by Gasteiger charge is -2.22. The van der Waals surface area contributed by atoms with Gasteiger partial charge in [-0.05, 0) is 40.5 Å². The first-order valence-electron chi connectivity index (χ1n) is 16.5. The Labute approximate surface area is 285 Å². The molecule has 0 aliphatic heterocycles. The fourth-order valence-corrected chi connectivity index (χ4v) is 6.97. The van der Waals surface area contributed by atoms with E-state index in [2.05, 4.69) is 80.6 Å². The first kappa shape index (κ1) is 28.9. The van der Waals surface area contributed by atoms with Crippen molar-refractivity contribution in [3.05, 3.63) is 163 Å². The van der Waals surface area contributed by atoms with Crippen molar-refractivity contribution < 1.29 is 0 Å². The second kappa shape index (κ2) is 11.4. The Morgan fingerprint density at radius 3 is 1.37 bits per heavy atom. The molecule has 0 atom stereocenters. The van der Waals surface area contributed by atoms with Gasteiger partial charge in [-0.2, -0.15) is 0 Å². The van der Waals surface area contributed by atoms with Crippen LogP contribution >= 0.6 is 0 Å². The molecule has 5 heteroatoms. The van der Waals surface area contributed by atoms with Gasteiger partial charge >= 0.3 is 0 Å².